The maximum absolute atomic E-state index is 12.4. The molecular weight excluding hydrogens is 306 g/mol. The van der Waals surface area contributed by atoms with Crippen LogP contribution in [0.15, 0.2) is 22.9 Å². The third-order valence-corrected chi connectivity index (χ3v) is 4.71. The van der Waals surface area contributed by atoms with Crippen molar-refractivity contribution in [2.75, 3.05) is 19.6 Å². The normalized spacial score (nSPS) is 10.4. The van der Waals surface area contributed by atoms with Gasteiger partial charge < -0.3 is 10.2 Å². The molecule has 0 aliphatic heterocycles. The number of amides is 2. The Labute approximate surface area is 131 Å². The number of thiophene rings is 1. The van der Waals surface area contributed by atoms with E-state index >= 15 is 0 Å². The van der Waals surface area contributed by atoms with Crippen LogP contribution in [0.1, 0.15) is 24.3 Å². The van der Waals surface area contributed by atoms with Crippen molar-refractivity contribution in [3.05, 3.63) is 28.6 Å². The van der Waals surface area contributed by atoms with Crippen LogP contribution in [0.2, 0.25) is 0 Å². The lowest BCUT2D eigenvalue weighted by Gasteiger charge is -2.18. The smallest absolute Gasteiger partial charge is 0.273 e. The Bertz CT molecular complexity index is 608. The molecule has 0 radical (unpaired) electrons. The van der Waals surface area contributed by atoms with Gasteiger partial charge >= 0.3 is 0 Å². The standard InChI is InChI=1S/C14H17N3O2S2/c1-3-15-12(18)8-17(4-2)14(19)10-9-21-13(16-10)11-6-5-7-20-11/h5-7,9H,3-4,8H2,1-2H3,(H,15,18). The summed E-state index contributed by atoms with van der Waals surface area (Å²) < 4.78 is 0. The predicted octanol–water partition coefficient (Wildman–Crippen LogP) is 2.47. The highest BCUT2D eigenvalue weighted by Crippen LogP contribution is 2.28. The maximum Gasteiger partial charge on any atom is 0.273 e. The number of thiazole rings is 1. The summed E-state index contributed by atoms with van der Waals surface area (Å²) >= 11 is 3.04. The lowest BCUT2D eigenvalue weighted by molar-refractivity contribution is -0.121. The average Bonchev–Trinajstić information content (AvgIpc) is 3.14. The van der Waals surface area contributed by atoms with E-state index < -0.39 is 0 Å². The zero-order chi connectivity index (χ0) is 15.2. The van der Waals surface area contributed by atoms with Crippen molar-refractivity contribution in [2.24, 2.45) is 0 Å². The van der Waals surface area contributed by atoms with E-state index in [1.54, 1.807) is 16.7 Å². The molecule has 2 aromatic heterocycles. The van der Waals surface area contributed by atoms with Gasteiger partial charge in [0.2, 0.25) is 5.91 Å². The molecule has 5 nitrogen and oxygen atoms in total. The van der Waals surface area contributed by atoms with Crippen molar-refractivity contribution in [1.29, 1.82) is 0 Å². The van der Waals surface area contributed by atoms with Crippen LogP contribution in [-0.4, -0.2) is 41.3 Å². The van der Waals surface area contributed by atoms with Crippen LogP contribution in [0, 0.1) is 0 Å². The first-order valence-electron chi connectivity index (χ1n) is 6.71. The molecule has 1 N–H and O–H groups in total. The molecule has 0 saturated carbocycles. The van der Waals surface area contributed by atoms with Crippen molar-refractivity contribution in [3.63, 3.8) is 0 Å². The van der Waals surface area contributed by atoms with Gasteiger partial charge in [-0.3, -0.25) is 9.59 Å². The summed E-state index contributed by atoms with van der Waals surface area (Å²) in [5.41, 5.74) is 0.398. The van der Waals surface area contributed by atoms with Crippen LogP contribution >= 0.6 is 22.7 Å². The zero-order valence-corrected chi connectivity index (χ0v) is 13.6. The number of likely N-dealkylation sites (N-methyl/N-ethyl adjacent to an activating group) is 2. The Hall–Kier alpha value is -1.73. The molecule has 0 atom stereocenters. The number of carbonyl (C=O) groups is 2. The monoisotopic (exact) mass is 323 g/mol. The van der Waals surface area contributed by atoms with Gasteiger partial charge in [0.25, 0.3) is 5.91 Å². The Morgan fingerprint density at radius 3 is 2.76 bits per heavy atom. The largest absolute Gasteiger partial charge is 0.355 e. The summed E-state index contributed by atoms with van der Waals surface area (Å²) in [7, 11) is 0. The Morgan fingerprint density at radius 2 is 2.14 bits per heavy atom. The summed E-state index contributed by atoms with van der Waals surface area (Å²) in [6, 6.07) is 3.93. The molecule has 2 amide bonds. The first-order chi connectivity index (χ1) is 10.2. The Kier molecular flexibility index (Phi) is 5.46. The van der Waals surface area contributed by atoms with E-state index in [1.165, 1.54) is 16.2 Å². The fourth-order valence-electron chi connectivity index (χ4n) is 1.80. The first kappa shape index (κ1) is 15.7. The Balaban J connectivity index is 2.09. The van der Waals surface area contributed by atoms with Crippen LogP contribution in [-0.2, 0) is 4.79 Å². The van der Waals surface area contributed by atoms with Gasteiger partial charge in [0.1, 0.15) is 10.7 Å². The van der Waals surface area contributed by atoms with Crippen molar-refractivity contribution in [3.8, 4) is 9.88 Å². The van der Waals surface area contributed by atoms with Gasteiger partial charge in [-0.25, -0.2) is 4.98 Å². The third-order valence-electron chi connectivity index (χ3n) is 2.83. The number of rotatable bonds is 6. The second-order valence-electron chi connectivity index (χ2n) is 4.29. The minimum Gasteiger partial charge on any atom is -0.355 e. The van der Waals surface area contributed by atoms with E-state index in [1.807, 2.05) is 31.4 Å². The van der Waals surface area contributed by atoms with Gasteiger partial charge in [-0.1, -0.05) is 6.07 Å². The van der Waals surface area contributed by atoms with E-state index in [-0.39, 0.29) is 18.4 Å². The topological polar surface area (TPSA) is 62.3 Å². The summed E-state index contributed by atoms with van der Waals surface area (Å²) in [6.45, 7) is 4.80. The van der Waals surface area contributed by atoms with Crippen LogP contribution in [0.3, 0.4) is 0 Å². The van der Waals surface area contributed by atoms with Crippen molar-refractivity contribution in [2.45, 2.75) is 13.8 Å². The quantitative estimate of drug-likeness (QED) is 0.888. The lowest BCUT2D eigenvalue weighted by Crippen LogP contribution is -2.40. The molecule has 7 heteroatoms. The second kappa shape index (κ2) is 7.33. The number of nitrogens with zero attached hydrogens (tertiary/aromatic N) is 2. The fraction of sp³-hybridized carbons (Fsp3) is 0.357. The number of carbonyl (C=O) groups excluding carboxylic acids is 2. The highest BCUT2D eigenvalue weighted by molar-refractivity contribution is 7.20. The van der Waals surface area contributed by atoms with Gasteiger partial charge in [0, 0.05) is 18.5 Å². The number of hydrogen-bond donors (Lipinski definition) is 1. The van der Waals surface area contributed by atoms with Gasteiger partial charge in [-0.2, -0.15) is 0 Å². The average molecular weight is 323 g/mol. The molecule has 2 heterocycles. The predicted molar refractivity (Wildman–Crippen MR) is 85.7 cm³/mol. The minimum atomic E-state index is -0.206. The highest BCUT2D eigenvalue weighted by Gasteiger charge is 2.20. The van der Waals surface area contributed by atoms with Crippen molar-refractivity contribution >= 4 is 34.5 Å². The fourth-order valence-corrected chi connectivity index (χ4v) is 3.41. The van der Waals surface area contributed by atoms with Gasteiger partial charge in [-0.15, -0.1) is 22.7 Å². The van der Waals surface area contributed by atoms with Crippen LogP contribution in [0.25, 0.3) is 9.88 Å². The maximum atomic E-state index is 12.4. The van der Waals surface area contributed by atoms with Crippen LogP contribution < -0.4 is 5.32 Å². The molecule has 0 saturated heterocycles. The van der Waals surface area contributed by atoms with Gasteiger partial charge in [-0.05, 0) is 25.3 Å². The summed E-state index contributed by atoms with van der Waals surface area (Å²) in [4.78, 5) is 30.9. The first-order valence-corrected chi connectivity index (χ1v) is 8.47. The van der Waals surface area contributed by atoms with Crippen LogP contribution in [0.4, 0.5) is 0 Å². The molecule has 0 aromatic carbocycles. The SMILES string of the molecule is CCNC(=O)CN(CC)C(=O)c1csc(-c2cccs2)n1. The second-order valence-corrected chi connectivity index (χ2v) is 6.09. The van der Waals surface area contributed by atoms with E-state index in [0.29, 0.717) is 18.8 Å². The molecule has 21 heavy (non-hydrogen) atoms. The molecule has 0 fully saturated rings. The number of nitrogens with one attached hydrogen (secondary N) is 1. The molecule has 2 aromatic rings. The van der Waals surface area contributed by atoms with Gasteiger partial charge in [0.05, 0.1) is 11.4 Å². The molecule has 112 valence electrons. The number of aromatic nitrogens is 1. The molecule has 0 unspecified atom stereocenters. The molecule has 0 aliphatic carbocycles. The molecule has 2 rings (SSSR count). The summed E-state index contributed by atoms with van der Waals surface area (Å²) in [5, 5.41) is 7.26. The number of hydrogen-bond acceptors (Lipinski definition) is 5. The summed E-state index contributed by atoms with van der Waals surface area (Å²) in [6.07, 6.45) is 0. The minimum absolute atomic E-state index is 0.0645. The van der Waals surface area contributed by atoms with Crippen LogP contribution in [0.5, 0.6) is 0 Å². The third kappa shape index (κ3) is 3.89. The van der Waals surface area contributed by atoms with E-state index in [4.69, 9.17) is 0 Å². The zero-order valence-electron chi connectivity index (χ0n) is 12.0. The molecular formula is C14H17N3O2S2. The highest BCUT2D eigenvalue weighted by atomic mass is 32.1. The lowest BCUT2D eigenvalue weighted by atomic mass is 10.3. The van der Waals surface area contributed by atoms with E-state index in [2.05, 4.69) is 10.3 Å². The van der Waals surface area contributed by atoms with Gasteiger partial charge in [0.15, 0.2) is 0 Å². The summed E-state index contributed by atoms with van der Waals surface area (Å²) in [5.74, 6) is -0.357. The molecule has 0 bridgehead atoms. The van der Waals surface area contributed by atoms with E-state index in [9.17, 15) is 9.59 Å². The molecule has 0 aliphatic rings. The van der Waals surface area contributed by atoms with Crippen molar-refractivity contribution in [1.82, 2.24) is 15.2 Å². The van der Waals surface area contributed by atoms with Crippen molar-refractivity contribution < 1.29 is 9.59 Å². The molecule has 0 spiro atoms. The Morgan fingerprint density at radius 1 is 1.33 bits per heavy atom. The van der Waals surface area contributed by atoms with E-state index in [0.717, 1.165) is 9.88 Å².